The first kappa shape index (κ1) is 13.9. The van der Waals surface area contributed by atoms with E-state index in [2.05, 4.69) is 36.0 Å². The summed E-state index contributed by atoms with van der Waals surface area (Å²) in [6, 6.07) is 0. The molecule has 0 unspecified atom stereocenters. The van der Waals surface area contributed by atoms with Crippen LogP contribution in [-0.4, -0.2) is 62.7 Å². The maximum absolute atomic E-state index is 3.54. The van der Waals surface area contributed by atoms with Crippen molar-refractivity contribution in [3.05, 3.63) is 0 Å². The van der Waals surface area contributed by atoms with Crippen molar-refractivity contribution in [1.82, 2.24) is 15.1 Å². The van der Waals surface area contributed by atoms with Gasteiger partial charge in [0.05, 0.1) is 0 Å². The smallest absolute Gasteiger partial charge is 0.0110 e. The number of hydrogen-bond donors (Lipinski definition) is 1. The first-order valence-corrected chi connectivity index (χ1v) is 6.80. The van der Waals surface area contributed by atoms with E-state index in [-0.39, 0.29) is 0 Å². The van der Waals surface area contributed by atoms with Crippen LogP contribution in [0.5, 0.6) is 0 Å². The molecule has 0 aromatic carbocycles. The minimum atomic E-state index is 0.819. The monoisotopic (exact) mass is 227 g/mol. The van der Waals surface area contributed by atoms with Gasteiger partial charge >= 0.3 is 0 Å². The molecule has 1 fully saturated rings. The molecule has 0 bridgehead atoms. The Hall–Kier alpha value is -0.120. The molecule has 16 heavy (non-hydrogen) atoms. The fourth-order valence-corrected chi connectivity index (χ4v) is 2.08. The molecule has 1 N–H and O–H groups in total. The number of rotatable bonds is 6. The predicted molar refractivity (Wildman–Crippen MR) is 70.9 cm³/mol. The van der Waals surface area contributed by atoms with E-state index in [0.717, 1.165) is 12.5 Å². The summed E-state index contributed by atoms with van der Waals surface area (Å²) in [5, 5.41) is 3.54. The zero-order valence-corrected chi connectivity index (χ0v) is 11.3. The van der Waals surface area contributed by atoms with Crippen LogP contribution in [-0.2, 0) is 0 Å². The lowest BCUT2D eigenvalue weighted by Gasteiger charge is -2.20. The fourth-order valence-electron chi connectivity index (χ4n) is 2.08. The van der Waals surface area contributed by atoms with Crippen molar-refractivity contribution >= 4 is 0 Å². The Bertz CT molecular complexity index is 171. The summed E-state index contributed by atoms with van der Waals surface area (Å²) in [5.41, 5.74) is 0. The number of nitrogens with one attached hydrogen (secondary N) is 1. The zero-order chi connectivity index (χ0) is 11.8. The molecule has 0 amide bonds. The second-order valence-corrected chi connectivity index (χ2v) is 5.43. The lowest BCUT2D eigenvalue weighted by Crippen LogP contribution is -2.35. The molecule has 0 aromatic rings. The highest BCUT2D eigenvalue weighted by molar-refractivity contribution is 4.68. The van der Waals surface area contributed by atoms with Gasteiger partial charge < -0.3 is 15.1 Å². The second kappa shape index (κ2) is 8.04. The lowest BCUT2D eigenvalue weighted by molar-refractivity contribution is 0.275. The van der Waals surface area contributed by atoms with Gasteiger partial charge in [0.1, 0.15) is 0 Å². The first-order valence-electron chi connectivity index (χ1n) is 6.80. The van der Waals surface area contributed by atoms with Gasteiger partial charge in [-0.25, -0.2) is 0 Å². The number of likely N-dealkylation sites (N-methyl/N-ethyl adjacent to an activating group) is 1. The van der Waals surface area contributed by atoms with E-state index in [9.17, 15) is 0 Å². The third-order valence-electron chi connectivity index (χ3n) is 3.32. The van der Waals surface area contributed by atoms with Gasteiger partial charge in [-0.3, -0.25) is 0 Å². The molecule has 0 aliphatic carbocycles. The summed E-state index contributed by atoms with van der Waals surface area (Å²) >= 11 is 0. The average molecular weight is 227 g/mol. The van der Waals surface area contributed by atoms with Crippen molar-refractivity contribution in [2.75, 3.05) is 52.9 Å². The van der Waals surface area contributed by atoms with E-state index in [0.29, 0.717) is 0 Å². The molecular formula is C13H29N3. The van der Waals surface area contributed by atoms with Crippen molar-refractivity contribution in [3.8, 4) is 0 Å². The van der Waals surface area contributed by atoms with E-state index in [1.54, 1.807) is 0 Å². The molecule has 1 aliphatic rings. The Kier molecular flexibility index (Phi) is 7.01. The zero-order valence-electron chi connectivity index (χ0n) is 11.3. The highest BCUT2D eigenvalue weighted by Crippen LogP contribution is 2.00. The number of hydrogen-bond acceptors (Lipinski definition) is 3. The SMILES string of the molecule is CC(C)CCNCCN1CCCN(C)CC1. The Morgan fingerprint density at radius 2 is 1.88 bits per heavy atom. The van der Waals surface area contributed by atoms with Gasteiger partial charge in [-0.15, -0.1) is 0 Å². The molecule has 0 spiro atoms. The topological polar surface area (TPSA) is 18.5 Å². The third kappa shape index (κ3) is 6.46. The van der Waals surface area contributed by atoms with E-state index in [4.69, 9.17) is 0 Å². The van der Waals surface area contributed by atoms with Crippen LogP contribution < -0.4 is 5.32 Å². The number of nitrogens with zero attached hydrogens (tertiary/aromatic N) is 2. The maximum atomic E-state index is 3.54. The normalized spacial score (nSPS) is 20.2. The van der Waals surface area contributed by atoms with Gasteiger partial charge in [0.15, 0.2) is 0 Å². The van der Waals surface area contributed by atoms with E-state index in [1.807, 2.05) is 0 Å². The maximum Gasteiger partial charge on any atom is 0.0110 e. The first-order chi connectivity index (χ1) is 7.68. The van der Waals surface area contributed by atoms with Crippen molar-refractivity contribution in [2.45, 2.75) is 26.7 Å². The average Bonchev–Trinajstić information content (AvgIpc) is 2.43. The van der Waals surface area contributed by atoms with Gasteiger partial charge in [-0.1, -0.05) is 13.8 Å². The molecule has 1 rings (SSSR count). The largest absolute Gasteiger partial charge is 0.315 e. The molecule has 0 aromatic heterocycles. The van der Waals surface area contributed by atoms with Gasteiger partial charge in [0.25, 0.3) is 0 Å². The summed E-state index contributed by atoms with van der Waals surface area (Å²) in [6.07, 6.45) is 2.62. The van der Waals surface area contributed by atoms with Crippen LogP contribution in [0, 0.1) is 5.92 Å². The van der Waals surface area contributed by atoms with Crippen molar-refractivity contribution in [2.24, 2.45) is 5.92 Å². The van der Waals surface area contributed by atoms with Crippen LogP contribution in [0.1, 0.15) is 26.7 Å². The van der Waals surface area contributed by atoms with Gasteiger partial charge in [-0.2, -0.15) is 0 Å². The van der Waals surface area contributed by atoms with Crippen LogP contribution in [0.3, 0.4) is 0 Å². The molecule has 0 radical (unpaired) electrons. The predicted octanol–water partition coefficient (Wildman–Crippen LogP) is 1.26. The highest BCUT2D eigenvalue weighted by Gasteiger charge is 2.10. The third-order valence-corrected chi connectivity index (χ3v) is 3.32. The standard InChI is InChI=1S/C13H29N3/c1-13(2)5-6-14-7-10-16-9-4-8-15(3)11-12-16/h13-14H,4-12H2,1-3H3. The van der Waals surface area contributed by atoms with Crippen LogP contribution in [0.4, 0.5) is 0 Å². The second-order valence-electron chi connectivity index (χ2n) is 5.43. The van der Waals surface area contributed by atoms with Crippen molar-refractivity contribution in [1.29, 1.82) is 0 Å². The lowest BCUT2D eigenvalue weighted by atomic mass is 10.1. The van der Waals surface area contributed by atoms with Crippen LogP contribution in [0.15, 0.2) is 0 Å². The summed E-state index contributed by atoms with van der Waals surface area (Å²) in [5.74, 6) is 0.819. The summed E-state index contributed by atoms with van der Waals surface area (Å²) in [4.78, 5) is 5.03. The van der Waals surface area contributed by atoms with Crippen LogP contribution in [0.2, 0.25) is 0 Å². The van der Waals surface area contributed by atoms with Crippen molar-refractivity contribution < 1.29 is 0 Å². The molecule has 1 heterocycles. The summed E-state index contributed by atoms with van der Waals surface area (Å²) in [7, 11) is 2.23. The molecule has 96 valence electrons. The summed E-state index contributed by atoms with van der Waals surface area (Å²) in [6.45, 7) is 13.1. The molecule has 3 nitrogen and oxygen atoms in total. The molecule has 0 saturated carbocycles. The Morgan fingerprint density at radius 3 is 2.62 bits per heavy atom. The molecule has 1 aliphatic heterocycles. The van der Waals surface area contributed by atoms with Crippen LogP contribution in [0.25, 0.3) is 0 Å². The van der Waals surface area contributed by atoms with E-state index < -0.39 is 0 Å². The Labute approximate surface area is 101 Å². The summed E-state index contributed by atoms with van der Waals surface area (Å²) < 4.78 is 0. The minimum Gasteiger partial charge on any atom is -0.315 e. The quantitative estimate of drug-likeness (QED) is 0.689. The minimum absolute atomic E-state index is 0.819. The van der Waals surface area contributed by atoms with Gasteiger partial charge in [0.2, 0.25) is 0 Å². The molecule has 0 atom stereocenters. The highest BCUT2D eigenvalue weighted by atomic mass is 15.2. The van der Waals surface area contributed by atoms with E-state index in [1.165, 1.54) is 52.1 Å². The van der Waals surface area contributed by atoms with Gasteiger partial charge in [-0.05, 0) is 45.4 Å². The molecule has 1 saturated heterocycles. The Morgan fingerprint density at radius 1 is 1.06 bits per heavy atom. The van der Waals surface area contributed by atoms with Gasteiger partial charge in [0, 0.05) is 26.2 Å². The van der Waals surface area contributed by atoms with Crippen LogP contribution >= 0.6 is 0 Å². The molecule has 3 heteroatoms. The molecular weight excluding hydrogens is 198 g/mol. The Balaban J connectivity index is 1.99. The van der Waals surface area contributed by atoms with Crippen molar-refractivity contribution in [3.63, 3.8) is 0 Å². The fraction of sp³-hybridized carbons (Fsp3) is 1.00. The van der Waals surface area contributed by atoms with E-state index >= 15 is 0 Å².